The molecular formula is C13H17N3O5S. The molecular weight excluding hydrogens is 310 g/mol. The van der Waals surface area contributed by atoms with E-state index >= 15 is 0 Å². The van der Waals surface area contributed by atoms with Crippen LogP contribution in [-0.4, -0.2) is 17.6 Å². The first-order chi connectivity index (χ1) is 10.1. The molecule has 0 amide bonds. The van der Waals surface area contributed by atoms with Crippen LogP contribution in [0.2, 0.25) is 0 Å². The van der Waals surface area contributed by atoms with E-state index in [0.29, 0.717) is 11.5 Å². The Balaban J connectivity index is 2.44. The number of aromatic nitrogens is 2. The van der Waals surface area contributed by atoms with Crippen molar-refractivity contribution in [3.8, 4) is 0 Å². The number of rotatable bonds is 4. The molecule has 2 aromatic rings. The zero-order chi connectivity index (χ0) is 16.7. The van der Waals surface area contributed by atoms with Gasteiger partial charge in [-0.3, -0.25) is 9.36 Å². The predicted octanol–water partition coefficient (Wildman–Crippen LogP) is 0.0249. The monoisotopic (exact) mass is 327 g/mol. The highest BCUT2D eigenvalue weighted by atomic mass is 32.2. The summed E-state index contributed by atoms with van der Waals surface area (Å²) < 4.78 is 34.3. The van der Waals surface area contributed by atoms with Crippen LogP contribution >= 0.6 is 0 Å². The third-order valence-electron chi connectivity index (χ3n) is 3.22. The Labute approximate surface area is 127 Å². The highest BCUT2D eigenvalue weighted by Gasteiger charge is 2.25. The van der Waals surface area contributed by atoms with Crippen molar-refractivity contribution >= 4 is 10.0 Å². The van der Waals surface area contributed by atoms with Gasteiger partial charge in [-0.2, -0.15) is 0 Å². The molecule has 0 radical (unpaired) electrons. The third-order valence-corrected chi connectivity index (χ3v) is 4.75. The maximum atomic E-state index is 12.4. The number of hydrogen-bond donors (Lipinski definition) is 1. The normalized spacial score (nSPS) is 13.3. The topological polar surface area (TPSA) is 103 Å². The lowest BCUT2D eigenvalue weighted by Crippen LogP contribution is -2.41. The summed E-state index contributed by atoms with van der Waals surface area (Å²) in [6.07, 6.45) is 1.01. The van der Waals surface area contributed by atoms with Gasteiger partial charge in [0, 0.05) is 20.3 Å². The van der Waals surface area contributed by atoms with Gasteiger partial charge in [0.1, 0.15) is 11.5 Å². The quantitative estimate of drug-likeness (QED) is 0.853. The Bertz CT molecular complexity index is 920. The minimum absolute atomic E-state index is 0.433. The Morgan fingerprint density at radius 2 is 1.86 bits per heavy atom. The molecule has 9 heteroatoms. The molecule has 2 heterocycles. The highest BCUT2D eigenvalue weighted by molar-refractivity contribution is 7.89. The van der Waals surface area contributed by atoms with E-state index < -0.39 is 32.2 Å². The van der Waals surface area contributed by atoms with Gasteiger partial charge in [-0.05, 0) is 26.0 Å². The molecule has 1 N–H and O–H groups in total. The van der Waals surface area contributed by atoms with Crippen LogP contribution in [0.1, 0.15) is 24.5 Å². The Kier molecular flexibility index (Phi) is 4.12. The van der Waals surface area contributed by atoms with Gasteiger partial charge in [-0.25, -0.2) is 17.9 Å². The molecule has 0 saturated heterocycles. The number of furan rings is 1. The number of sulfonamides is 1. The summed E-state index contributed by atoms with van der Waals surface area (Å²) in [4.78, 5) is 23.1. The lowest BCUT2D eigenvalue weighted by molar-refractivity contribution is 0.440. The van der Waals surface area contributed by atoms with Gasteiger partial charge >= 0.3 is 5.69 Å². The zero-order valence-corrected chi connectivity index (χ0v) is 13.5. The number of nitrogens with one attached hydrogen (secondary N) is 1. The van der Waals surface area contributed by atoms with Crippen molar-refractivity contribution < 1.29 is 12.8 Å². The fourth-order valence-corrected chi connectivity index (χ4v) is 3.37. The maximum Gasteiger partial charge on any atom is 0.330 e. The average molecular weight is 327 g/mol. The summed E-state index contributed by atoms with van der Waals surface area (Å²) in [5, 5.41) is 0. The summed E-state index contributed by atoms with van der Waals surface area (Å²) in [6, 6.07) is 2.72. The summed E-state index contributed by atoms with van der Waals surface area (Å²) in [6.45, 7) is 3.34. The molecule has 8 nitrogen and oxygen atoms in total. The number of aryl methyl sites for hydroxylation is 2. The second-order valence-corrected chi connectivity index (χ2v) is 6.72. The largest absolute Gasteiger partial charge is 0.465 e. The first-order valence-electron chi connectivity index (χ1n) is 6.49. The van der Waals surface area contributed by atoms with Crippen LogP contribution in [-0.2, 0) is 24.1 Å². The van der Waals surface area contributed by atoms with Gasteiger partial charge in [-0.15, -0.1) is 0 Å². The standard InChI is InChI=1S/C13H17N3O5S/c1-8-5-6-10(21-8)9(2)14-22(19,20)11-7-15(3)13(18)16(4)12(11)17/h5-7,9,14H,1-4H3/t9-/m1/s1. The van der Waals surface area contributed by atoms with Crippen LogP contribution in [0.3, 0.4) is 0 Å². The van der Waals surface area contributed by atoms with E-state index in [1.54, 1.807) is 26.0 Å². The molecule has 22 heavy (non-hydrogen) atoms. The van der Waals surface area contributed by atoms with E-state index in [0.717, 1.165) is 15.3 Å². The van der Waals surface area contributed by atoms with Crippen LogP contribution in [0.25, 0.3) is 0 Å². The lowest BCUT2D eigenvalue weighted by Gasteiger charge is -2.13. The first-order valence-corrected chi connectivity index (χ1v) is 7.97. The highest BCUT2D eigenvalue weighted by Crippen LogP contribution is 2.17. The lowest BCUT2D eigenvalue weighted by atomic mass is 10.3. The predicted molar refractivity (Wildman–Crippen MR) is 79.1 cm³/mol. The van der Waals surface area contributed by atoms with Crippen molar-refractivity contribution in [2.24, 2.45) is 14.1 Å². The molecule has 0 unspecified atom stereocenters. The minimum Gasteiger partial charge on any atom is -0.465 e. The van der Waals surface area contributed by atoms with E-state index in [1.807, 2.05) is 0 Å². The molecule has 0 aliphatic heterocycles. The fraction of sp³-hybridized carbons (Fsp3) is 0.385. The molecule has 0 aliphatic carbocycles. The van der Waals surface area contributed by atoms with Gasteiger partial charge in [0.25, 0.3) is 5.56 Å². The van der Waals surface area contributed by atoms with Gasteiger partial charge < -0.3 is 8.98 Å². The van der Waals surface area contributed by atoms with Crippen molar-refractivity contribution in [2.75, 3.05) is 0 Å². The molecule has 0 saturated carbocycles. The van der Waals surface area contributed by atoms with Crippen LogP contribution in [0, 0.1) is 6.92 Å². The number of hydrogen-bond acceptors (Lipinski definition) is 5. The third kappa shape index (κ3) is 2.90. The zero-order valence-electron chi connectivity index (χ0n) is 12.7. The van der Waals surface area contributed by atoms with Gasteiger partial charge in [0.2, 0.25) is 10.0 Å². The molecule has 2 rings (SSSR count). The minimum atomic E-state index is -4.09. The van der Waals surface area contributed by atoms with Gasteiger partial charge in [-0.1, -0.05) is 0 Å². The molecule has 0 aromatic carbocycles. The van der Waals surface area contributed by atoms with Gasteiger partial charge in [0.05, 0.1) is 6.04 Å². The summed E-state index contributed by atoms with van der Waals surface area (Å²) in [7, 11) is -1.49. The molecule has 1 atom stereocenters. The van der Waals surface area contributed by atoms with Crippen LogP contribution in [0.5, 0.6) is 0 Å². The van der Waals surface area contributed by atoms with Crippen molar-refractivity contribution in [2.45, 2.75) is 24.8 Å². The average Bonchev–Trinajstić information content (AvgIpc) is 2.86. The second kappa shape index (κ2) is 5.58. The van der Waals surface area contributed by atoms with Crippen LogP contribution < -0.4 is 16.0 Å². The summed E-state index contributed by atoms with van der Waals surface area (Å²) >= 11 is 0. The first kappa shape index (κ1) is 16.2. The van der Waals surface area contributed by atoms with Crippen molar-refractivity contribution in [3.63, 3.8) is 0 Å². The molecule has 0 bridgehead atoms. The van der Waals surface area contributed by atoms with E-state index in [9.17, 15) is 18.0 Å². The van der Waals surface area contributed by atoms with Crippen LogP contribution in [0.15, 0.2) is 37.2 Å². The molecule has 2 aromatic heterocycles. The summed E-state index contributed by atoms with van der Waals surface area (Å²) in [5.74, 6) is 1.08. The smallest absolute Gasteiger partial charge is 0.330 e. The fourth-order valence-electron chi connectivity index (χ4n) is 2.00. The molecule has 0 aliphatic rings. The van der Waals surface area contributed by atoms with Crippen LogP contribution in [0.4, 0.5) is 0 Å². The van der Waals surface area contributed by atoms with E-state index in [2.05, 4.69) is 4.72 Å². The Hall–Kier alpha value is -2.13. The van der Waals surface area contributed by atoms with E-state index in [-0.39, 0.29) is 0 Å². The molecule has 0 fully saturated rings. The second-order valence-electron chi connectivity index (χ2n) is 5.04. The Morgan fingerprint density at radius 1 is 1.23 bits per heavy atom. The van der Waals surface area contributed by atoms with E-state index in [1.165, 1.54) is 14.1 Å². The number of nitrogens with zero attached hydrogens (tertiary/aromatic N) is 2. The Morgan fingerprint density at radius 3 is 2.41 bits per heavy atom. The maximum absolute atomic E-state index is 12.4. The van der Waals surface area contributed by atoms with Crippen molar-refractivity contribution in [1.82, 2.24) is 13.9 Å². The molecule has 0 spiro atoms. The van der Waals surface area contributed by atoms with E-state index in [4.69, 9.17) is 4.42 Å². The molecule has 120 valence electrons. The van der Waals surface area contributed by atoms with Crippen molar-refractivity contribution in [3.05, 3.63) is 50.7 Å². The van der Waals surface area contributed by atoms with Crippen molar-refractivity contribution in [1.29, 1.82) is 0 Å². The summed E-state index contributed by atoms with van der Waals surface area (Å²) in [5.41, 5.74) is -1.47. The SMILES string of the molecule is Cc1ccc([C@@H](C)NS(=O)(=O)c2cn(C)c(=O)n(C)c2=O)o1. The van der Waals surface area contributed by atoms with Gasteiger partial charge in [0.15, 0.2) is 4.90 Å².